The topological polar surface area (TPSA) is 91.0 Å². The predicted molar refractivity (Wildman–Crippen MR) is 71.9 cm³/mol. The van der Waals surface area contributed by atoms with Crippen LogP contribution in [-0.2, 0) is 0 Å². The molecule has 0 bridgehead atoms. The highest BCUT2D eigenvalue weighted by molar-refractivity contribution is 5.59. The van der Waals surface area contributed by atoms with Gasteiger partial charge >= 0.3 is 0 Å². The molecule has 0 aromatic heterocycles. The molecule has 0 unspecified atom stereocenters. The van der Waals surface area contributed by atoms with E-state index in [1.165, 1.54) is 17.7 Å². The van der Waals surface area contributed by atoms with Gasteiger partial charge in [0.25, 0.3) is 5.69 Å². The fourth-order valence-corrected chi connectivity index (χ4v) is 1.93. The molecule has 0 spiro atoms. The molecule has 6 heteroatoms. The summed E-state index contributed by atoms with van der Waals surface area (Å²) >= 11 is 0. The van der Waals surface area contributed by atoms with E-state index in [1.54, 1.807) is 6.07 Å². The van der Waals surface area contributed by atoms with Crippen molar-refractivity contribution in [2.45, 2.75) is 6.42 Å². The van der Waals surface area contributed by atoms with Crippen molar-refractivity contribution < 1.29 is 4.92 Å². The lowest BCUT2D eigenvalue weighted by atomic mass is 10.1. The van der Waals surface area contributed by atoms with Gasteiger partial charge in [0.2, 0.25) is 0 Å². The highest BCUT2D eigenvalue weighted by atomic mass is 16.6. The number of anilines is 1. The van der Waals surface area contributed by atoms with Gasteiger partial charge < -0.3 is 10.6 Å². The Labute approximate surface area is 110 Å². The largest absolute Gasteiger partial charge is 0.381 e. The number of hydrogen-bond donors (Lipinski definition) is 2. The van der Waals surface area contributed by atoms with Crippen molar-refractivity contribution in [3.05, 3.63) is 45.5 Å². The van der Waals surface area contributed by atoms with Gasteiger partial charge in [-0.05, 0) is 25.1 Å². The van der Waals surface area contributed by atoms with Crippen molar-refractivity contribution in [3.63, 3.8) is 0 Å². The van der Waals surface area contributed by atoms with Gasteiger partial charge in [0, 0.05) is 24.8 Å². The van der Waals surface area contributed by atoms with Crippen LogP contribution in [0.25, 0.3) is 0 Å². The van der Waals surface area contributed by atoms with Crippen molar-refractivity contribution in [1.29, 1.82) is 5.26 Å². The molecule has 1 aliphatic heterocycles. The molecular formula is C13H14N4O2. The molecule has 6 nitrogen and oxygen atoms in total. The van der Waals surface area contributed by atoms with E-state index in [1.807, 2.05) is 6.07 Å². The lowest BCUT2D eigenvalue weighted by Gasteiger charge is -2.15. The van der Waals surface area contributed by atoms with Crippen LogP contribution in [0, 0.1) is 21.4 Å². The third-order valence-electron chi connectivity index (χ3n) is 2.99. The van der Waals surface area contributed by atoms with Gasteiger partial charge in [-0.25, -0.2) is 0 Å². The molecular weight excluding hydrogens is 244 g/mol. The summed E-state index contributed by atoms with van der Waals surface area (Å²) < 4.78 is 0. The SMILES string of the molecule is N#Cc1ccc(NCC2=CCNCC2)cc1[N+](=O)[O-]. The molecule has 1 aromatic carbocycles. The lowest BCUT2D eigenvalue weighted by Crippen LogP contribution is -2.23. The summed E-state index contributed by atoms with van der Waals surface area (Å²) in [5.74, 6) is 0. The Bertz CT molecular complexity index is 560. The zero-order chi connectivity index (χ0) is 13.7. The standard InChI is InChI=1S/C13H14N4O2/c14-8-11-1-2-12(7-13(11)17(18)19)16-9-10-3-5-15-6-4-10/h1-3,7,15-16H,4-6,9H2. The highest BCUT2D eigenvalue weighted by Crippen LogP contribution is 2.22. The van der Waals surface area contributed by atoms with E-state index >= 15 is 0 Å². The molecule has 19 heavy (non-hydrogen) atoms. The van der Waals surface area contributed by atoms with Crippen LogP contribution < -0.4 is 10.6 Å². The second-order valence-electron chi connectivity index (χ2n) is 4.27. The fourth-order valence-electron chi connectivity index (χ4n) is 1.93. The third-order valence-corrected chi connectivity index (χ3v) is 2.99. The minimum atomic E-state index is -0.534. The van der Waals surface area contributed by atoms with Gasteiger partial charge in [0.15, 0.2) is 0 Å². The van der Waals surface area contributed by atoms with Crippen molar-refractivity contribution in [3.8, 4) is 6.07 Å². The molecule has 0 aliphatic carbocycles. The van der Waals surface area contributed by atoms with Crippen molar-refractivity contribution in [1.82, 2.24) is 5.32 Å². The first-order valence-corrected chi connectivity index (χ1v) is 6.02. The number of nitrogens with zero attached hydrogens (tertiary/aromatic N) is 2. The van der Waals surface area contributed by atoms with E-state index in [2.05, 4.69) is 16.7 Å². The van der Waals surface area contributed by atoms with Gasteiger partial charge in [-0.1, -0.05) is 11.6 Å². The first-order chi connectivity index (χ1) is 9.20. The minimum Gasteiger partial charge on any atom is -0.381 e. The van der Waals surface area contributed by atoms with Crippen molar-refractivity contribution >= 4 is 11.4 Å². The summed E-state index contributed by atoms with van der Waals surface area (Å²) in [5, 5.41) is 26.0. The summed E-state index contributed by atoms with van der Waals surface area (Å²) in [6.45, 7) is 2.50. The maximum atomic E-state index is 10.8. The summed E-state index contributed by atoms with van der Waals surface area (Å²) in [4.78, 5) is 10.3. The Morgan fingerprint density at radius 1 is 1.53 bits per heavy atom. The molecule has 1 heterocycles. The number of hydrogen-bond acceptors (Lipinski definition) is 5. The Morgan fingerprint density at radius 3 is 3.00 bits per heavy atom. The number of nitriles is 1. The van der Waals surface area contributed by atoms with Crippen LogP contribution in [0.15, 0.2) is 29.8 Å². The molecule has 0 saturated heterocycles. The third kappa shape index (κ3) is 3.30. The van der Waals surface area contributed by atoms with Crippen LogP contribution in [0.1, 0.15) is 12.0 Å². The van der Waals surface area contributed by atoms with Crippen LogP contribution in [0.3, 0.4) is 0 Å². The zero-order valence-corrected chi connectivity index (χ0v) is 10.3. The normalized spacial score (nSPS) is 14.4. The fraction of sp³-hybridized carbons (Fsp3) is 0.308. The van der Waals surface area contributed by atoms with Crippen LogP contribution >= 0.6 is 0 Å². The Morgan fingerprint density at radius 2 is 2.37 bits per heavy atom. The maximum Gasteiger partial charge on any atom is 0.289 e. The van der Waals surface area contributed by atoms with E-state index in [4.69, 9.17) is 5.26 Å². The zero-order valence-electron chi connectivity index (χ0n) is 10.3. The molecule has 0 amide bonds. The van der Waals surface area contributed by atoms with Gasteiger partial charge in [0.05, 0.1) is 4.92 Å². The Hall–Kier alpha value is -2.39. The predicted octanol–water partition coefficient (Wildman–Crippen LogP) is 1.80. The Kier molecular flexibility index (Phi) is 4.11. The smallest absolute Gasteiger partial charge is 0.289 e. The number of rotatable bonds is 4. The quantitative estimate of drug-likeness (QED) is 0.488. The van der Waals surface area contributed by atoms with Crippen LogP contribution in [0.2, 0.25) is 0 Å². The van der Waals surface area contributed by atoms with Crippen LogP contribution in [0.5, 0.6) is 0 Å². The minimum absolute atomic E-state index is 0.0802. The molecule has 0 saturated carbocycles. The Balaban J connectivity index is 2.09. The van der Waals surface area contributed by atoms with Gasteiger partial charge in [-0.2, -0.15) is 5.26 Å². The lowest BCUT2D eigenvalue weighted by molar-refractivity contribution is -0.385. The summed E-state index contributed by atoms with van der Waals surface area (Å²) in [6, 6.07) is 6.38. The van der Waals surface area contributed by atoms with Gasteiger partial charge in [-0.3, -0.25) is 10.1 Å². The van der Waals surface area contributed by atoms with Crippen LogP contribution in [0.4, 0.5) is 11.4 Å². The summed E-state index contributed by atoms with van der Waals surface area (Å²) in [6.07, 6.45) is 3.10. The molecule has 2 N–H and O–H groups in total. The van der Waals surface area contributed by atoms with E-state index in [-0.39, 0.29) is 11.3 Å². The molecule has 0 radical (unpaired) electrons. The van der Waals surface area contributed by atoms with E-state index in [9.17, 15) is 10.1 Å². The molecule has 0 atom stereocenters. The van der Waals surface area contributed by atoms with Crippen molar-refractivity contribution in [2.75, 3.05) is 25.0 Å². The molecule has 0 fully saturated rings. The monoisotopic (exact) mass is 258 g/mol. The number of benzene rings is 1. The molecule has 1 aliphatic rings. The number of nitro groups is 1. The molecule has 98 valence electrons. The summed E-state index contributed by atoms with van der Waals surface area (Å²) in [5.41, 5.74) is 1.86. The second kappa shape index (κ2) is 5.98. The van der Waals surface area contributed by atoms with E-state index in [0.717, 1.165) is 19.5 Å². The number of nitro benzene ring substituents is 1. The molecule has 1 aromatic rings. The maximum absolute atomic E-state index is 10.8. The molecule has 2 rings (SSSR count). The van der Waals surface area contributed by atoms with Gasteiger partial charge in [-0.15, -0.1) is 0 Å². The summed E-state index contributed by atoms with van der Waals surface area (Å²) in [7, 11) is 0. The first kappa shape index (κ1) is 13.1. The average molecular weight is 258 g/mol. The number of nitrogens with one attached hydrogen (secondary N) is 2. The average Bonchev–Trinajstić information content (AvgIpc) is 2.46. The second-order valence-corrected chi connectivity index (χ2v) is 4.27. The van der Waals surface area contributed by atoms with E-state index < -0.39 is 4.92 Å². The van der Waals surface area contributed by atoms with Crippen LogP contribution in [-0.4, -0.2) is 24.6 Å². The van der Waals surface area contributed by atoms with Crippen molar-refractivity contribution in [2.24, 2.45) is 0 Å². The first-order valence-electron chi connectivity index (χ1n) is 6.02. The van der Waals surface area contributed by atoms with Gasteiger partial charge in [0.1, 0.15) is 11.6 Å². The highest BCUT2D eigenvalue weighted by Gasteiger charge is 2.14. The van der Waals surface area contributed by atoms with E-state index in [0.29, 0.717) is 12.2 Å².